The lowest BCUT2D eigenvalue weighted by Crippen LogP contribution is -2.18. The molecule has 1 aromatic rings. The van der Waals surface area contributed by atoms with Crippen molar-refractivity contribution in [1.82, 2.24) is 0 Å². The second-order valence-corrected chi connectivity index (χ2v) is 4.38. The maximum Gasteiger partial charge on any atom is 0.392 e. The molecule has 0 spiro atoms. The Morgan fingerprint density at radius 1 is 1.47 bits per heavy atom. The summed E-state index contributed by atoms with van der Waals surface area (Å²) in [5.74, 6) is -0.0432. The summed E-state index contributed by atoms with van der Waals surface area (Å²) in [5.41, 5.74) is 5.80. The van der Waals surface area contributed by atoms with E-state index in [1.54, 1.807) is 18.4 Å². The van der Waals surface area contributed by atoms with Gasteiger partial charge in [0.2, 0.25) is 0 Å². The Bertz CT molecular complexity index is 464. The van der Waals surface area contributed by atoms with E-state index in [-0.39, 0.29) is 11.6 Å². The zero-order chi connectivity index (χ0) is 14.5. The van der Waals surface area contributed by atoms with E-state index in [0.717, 1.165) is 0 Å². The van der Waals surface area contributed by atoms with Gasteiger partial charge in [0.05, 0.1) is 18.6 Å². The molecule has 106 valence electrons. The largest absolute Gasteiger partial charge is 0.492 e. The third kappa shape index (κ3) is 4.55. The average molecular weight is 294 g/mol. The number of oxime groups is 1. The minimum atomic E-state index is -4.28. The second-order valence-electron chi connectivity index (χ2n) is 3.53. The highest BCUT2D eigenvalue weighted by Crippen LogP contribution is 2.29. The van der Waals surface area contributed by atoms with Crippen LogP contribution in [0.15, 0.2) is 28.3 Å². The van der Waals surface area contributed by atoms with E-state index in [0.29, 0.717) is 10.5 Å². The van der Waals surface area contributed by atoms with Gasteiger partial charge in [0.25, 0.3) is 0 Å². The fraction of sp³-hybridized carbons (Fsp3) is 0.364. The van der Waals surface area contributed by atoms with Crippen molar-refractivity contribution in [3.8, 4) is 5.75 Å². The van der Waals surface area contributed by atoms with E-state index in [4.69, 9.17) is 15.7 Å². The van der Waals surface area contributed by atoms with Gasteiger partial charge in [-0.2, -0.15) is 13.2 Å². The lowest BCUT2D eigenvalue weighted by Gasteiger charge is -2.14. The van der Waals surface area contributed by atoms with Crippen LogP contribution in [0, 0.1) is 0 Å². The molecule has 0 radical (unpaired) electrons. The van der Waals surface area contributed by atoms with Crippen LogP contribution in [-0.2, 0) is 0 Å². The average Bonchev–Trinajstić information content (AvgIpc) is 2.36. The fourth-order valence-corrected chi connectivity index (χ4v) is 2.00. The Hall–Kier alpha value is -1.57. The first-order chi connectivity index (χ1) is 8.89. The van der Waals surface area contributed by atoms with E-state index in [1.165, 1.54) is 17.8 Å². The highest BCUT2D eigenvalue weighted by atomic mass is 32.2. The summed E-state index contributed by atoms with van der Waals surface area (Å²) in [6.45, 7) is -0.521. The van der Waals surface area contributed by atoms with Gasteiger partial charge in [-0.15, -0.1) is 11.8 Å². The maximum absolute atomic E-state index is 12.1. The van der Waals surface area contributed by atoms with Crippen LogP contribution in [0.3, 0.4) is 0 Å². The van der Waals surface area contributed by atoms with Crippen molar-refractivity contribution < 1.29 is 23.1 Å². The van der Waals surface area contributed by atoms with Crippen molar-refractivity contribution in [3.05, 3.63) is 23.8 Å². The Labute approximate surface area is 112 Å². The van der Waals surface area contributed by atoms with Gasteiger partial charge in [-0.25, -0.2) is 0 Å². The molecule has 0 aliphatic rings. The smallest absolute Gasteiger partial charge is 0.392 e. The molecule has 0 heterocycles. The number of halogens is 3. The fourth-order valence-electron chi connectivity index (χ4n) is 1.38. The first-order valence-electron chi connectivity index (χ1n) is 5.23. The third-order valence-corrected chi connectivity index (χ3v) is 2.99. The van der Waals surface area contributed by atoms with Crippen LogP contribution in [0.4, 0.5) is 13.2 Å². The molecule has 0 aromatic heterocycles. The van der Waals surface area contributed by atoms with Crippen LogP contribution >= 0.6 is 11.8 Å². The second kappa shape index (κ2) is 6.55. The van der Waals surface area contributed by atoms with E-state index in [9.17, 15) is 13.2 Å². The molecule has 1 aromatic carbocycles. The van der Waals surface area contributed by atoms with Crippen molar-refractivity contribution in [2.45, 2.75) is 17.5 Å². The van der Waals surface area contributed by atoms with Crippen LogP contribution < -0.4 is 10.5 Å². The minimum absolute atomic E-state index is 0.159. The van der Waals surface area contributed by atoms with Crippen molar-refractivity contribution in [1.29, 1.82) is 0 Å². The molecular formula is C11H13F3N2O2S. The van der Waals surface area contributed by atoms with Crippen molar-refractivity contribution in [3.63, 3.8) is 0 Å². The predicted molar refractivity (Wildman–Crippen MR) is 66.9 cm³/mol. The molecule has 0 amide bonds. The van der Waals surface area contributed by atoms with Gasteiger partial charge in [-0.1, -0.05) is 11.2 Å². The third-order valence-electron chi connectivity index (χ3n) is 2.21. The van der Waals surface area contributed by atoms with Gasteiger partial charge < -0.3 is 15.7 Å². The molecule has 0 unspecified atom stereocenters. The molecule has 19 heavy (non-hydrogen) atoms. The Morgan fingerprint density at radius 3 is 2.68 bits per heavy atom. The van der Waals surface area contributed by atoms with Gasteiger partial charge in [0.1, 0.15) is 5.75 Å². The summed E-state index contributed by atoms with van der Waals surface area (Å²) in [4.78, 5) is 0.653. The molecule has 0 saturated heterocycles. The lowest BCUT2D eigenvalue weighted by atomic mass is 10.2. The van der Waals surface area contributed by atoms with Crippen LogP contribution in [0.1, 0.15) is 12.0 Å². The van der Waals surface area contributed by atoms with Crippen LogP contribution in [-0.4, -0.2) is 30.1 Å². The summed E-state index contributed by atoms with van der Waals surface area (Å²) in [5, 5.41) is 11.6. The molecule has 4 nitrogen and oxygen atoms in total. The van der Waals surface area contributed by atoms with Crippen LogP contribution in [0.5, 0.6) is 5.75 Å². The maximum atomic E-state index is 12.1. The summed E-state index contributed by atoms with van der Waals surface area (Å²) in [6.07, 6.45) is -3.58. The number of rotatable bonds is 5. The van der Waals surface area contributed by atoms with Gasteiger partial charge >= 0.3 is 6.18 Å². The molecule has 0 saturated carbocycles. The molecule has 0 fully saturated rings. The summed E-state index contributed by atoms with van der Waals surface area (Å²) in [6, 6.07) is 4.81. The van der Waals surface area contributed by atoms with Crippen molar-refractivity contribution in [2.75, 3.05) is 12.9 Å². The molecule has 0 aliphatic heterocycles. The molecule has 0 atom stereocenters. The number of thioether (sulfide) groups is 1. The molecule has 3 N–H and O–H groups in total. The van der Waals surface area contributed by atoms with E-state index in [2.05, 4.69) is 5.16 Å². The van der Waals surface area contributed by atoms with Gasteiger partial charge in [-0.3, -0.25) is 0 Å². The zero-order valence-corrected chi connectivity index (χ0v) is 10.9. The van der Waals surface area contributed by atoms with E-state index < -0.39 is 19.2 Å². The van der Waals surface area contributed by atoms with Crippen molar-refractivity contribution in [2.24, 2.45) is 10.9 Å². The first-order valence-corrected chi connectivity index (χ1v) is 6.46. The number of benzene rings is 1. The Kier molecular flexibility index (Phi) is 5.34. The van der Waals surface area contributed by atoms with Gasteiger partial charge in [-0.05, 0) is 18.4 Å². The highest BCUT2D eigenvalue weighted by molar-refractivity contribution is 7.98. The molecule has 1 rings (SSSR count). The monoisotopic (exact) mass is 294 g/mol. The summed E-state index contributed by atoms with van der Waals surface area (Å²) >= 11 is 1.32. The van der Waals surface area contributed by atoms with Crippen molar-refractivity contribution >= 4 is 17.6 Å². The number of alkyl halides is 3. The molecule has 0 bridgehead atoms. The van der Waals surface area contributed by atoms with E-state index >= 15 is 0 Å². The van der Waals surface area contributed by atoms with E-state index in [1.807, 2.05) is 0 Å². The highest BCUT2D eigenvalue weighted by Gasteiger charge is 2.27. The lowest BCUT2D eigenvalue weighted by molar-refractivity contribution is -0.139. The summed E-state index contributed by atoms with van der Waals surface area (Å²) < 4.78 is 41.2. The normalized spacial score (nSPS) is 12.5. The number of ether oxygens (including phenoxy) is 1. The number of hydrogen-bond donors (Lipinski definition) is 2. The standard InChI is InChI=1S/C11H13F3N2O2S/c1-19-8-4-2-3-7(9(8)10(15)16-17)18-6-5-11(12,13)14/h2-4,17H,5-6H2,1H3,(H2,15,16). The van der Waals surface area contributed by atoms with Crippen LogP contribution in [0.25, 0.3) is 0 Å². The zero-order valence-electron chi connectivity index (χ0n) is 10.1. The Balaban J connectivity index is 2.94. The quantitative estimate of drug-likeness (QED) is 0.288. The number of amidine groups is 1. The molecular weight excluding hydrogens is 281 g/mol. The number of nitrogens with two attached hydrogens (primary N) is 1. The van der Waals surface area contributed by atoms with Gasteiger partial charge in [0, 0.05) is 4.90 Å². The number of nitrogens with zero attached hydrogens (tertiary/aromatic N) is 1. The predicted octanol–water partition coefficient (Wildman–Crippen LogP) is 2.83. The topological polar surface area (TPSA) is 67.8 Å². The SMILES string of the molecule is CSc1cccc(OCCC(F)(F)F)c1/C(N)=N/O. The van der Waals surface area contributed by atoms with Gasteiger partial charge in [0.15, 0.2) is 5.84 Å². The molecule has 0 aliphatic carbocycles. The summed E-state index contributed by atoms with van der Waals surface area (Å²) in [7, 11) is 0. The van der Waals surface area contributed by atoms with Crippen LogP contribution in [0.2, 0.25) is 0 Å². The molecule has 8 heteroatoms. The Morgan fingerprint density at radius 2 is 2.16 bits per heavy atom. The first kappa shape index (κ1) is 15.5. The minimum Gasteiger partial charge on any atom is -0.492 e. The number of hydrogen-bond acceptors (Lipinski definition) is 4.